The summed E-state index contributed by atoms with van der Waals surface area (Å²) in [7, 11) is 0. The molecular formula is C24H35F2NO7. The average Bonchev–Trinajstić information content (AvgIpc) is 2.58. The Hall–Kier alpha value is -2.75. The number of hydrogen-bond donors (Lipinski definition) is 2. The number of esters is 2. The number of ether oxygens (including phenoxy) is 3. The number of aliphatic hydroxyl groups is 1. The molecule has 34 heavy (non-hydrogen) atoms. The van der Waals surface area contributed by atoms with E-state index in [2.05, 4.69) is 5.32 Å². The van der Waals surface area contributed by atoms with Gasteiger partial charge in [0.25, 0.3) is 0 Å². The molecule has 2 N–H and O–H groups in total. The molecule has 0 spiro atoms. The minimum absolute atomic E-state index is 0.335. The van der Waals surface area contributed by atoms with Crippen LogP contribution in [0.1, 0.15) is 80.4 Å². The molecule has 1 aromatic carbocycles. The zero-order valence-electron chi connectivity index (χ0n) is 21.2. The van der Waals surface area contributed by atoms with Crippen LogP contribution in [0, 0.1) is 17.6 Å². The first kappa shape index (κ1) is 29.3. The maximum atomic E-state index is 14.9. The van der Waals surface area contributed by atoms with E-state index in [4.69, 9.17) is 14.2 Å². The molecule has 1 aromatic rings. The van der Waals surface area contributed by atoms with Crippen molar-refractivity contribution >= 4 is 23.7 Å². The summed E-state index contributed by atoms with van der Waals surface area (Å²) in [6, 6.07) is 1.76. The van der Waals surface area contributed by atoms with E-state index in [1.807, 2.05) is 0 Å². The number of carbonyl (C=O) groups excluding carboxylic acids is 3. The second kappa shape index (κ2) is 10.7. The molecule has 0 heterocycles. The van der Waals surface area contributed by atoms with Gasteiger partial charge < -0.3 is 19.3 Å². The third-order valence-electron chi connectivity index (χ3n) is 3.96. The first-order chi connectivity index (χ1) is 15.2. The van der Waals surface area contributed by atoms with Crippen LogP contribution in [0.15, 0.2) is 12.1 Å². The van der Waals surface area contributed by atoms with E-state index in [0.717, 1.165) is 12.1 Å². The van der Waals surface area contributed by atoms with Gasteiger partial charge in [-0.05, 0) is 74.4 Å². The second-order valence-corrected chi connectivity index (χ2v) is 10.8. The number of carbonyl (C=O) groups is 3. The first-order valence-corrected chi connectivity index (χ1v) is 10.8. The van der Waals surface area contributed by atoms with Crippen LogP contribution in [0.5, 0.6) is 0 Å². The Morgan fingerprint density at radius 3 is 1.85 bits per heavy atom. The van der Waals surface area contributed by atoms with Gasteiger partial charge in [0.1, 0.15) is 16.8 Å². The molecule has 0 fully saturated rings. The third-order valence-corrected chi connectivity index (χ3v) is 3.96. The van der Waals surface area contributed by atoms with Crippen LogP contribution in [-0.2, 0) is 23.8 Å². The van der Waals surface area contributed by atoms with Gasteiger partial charge in [-0.15, -0.1) is 0 Å². The molecule has 0 saturated carbocycles. The molecule has 8 nitrogen and oxygen atoms in total. The molecule has 0 radical (unpaired) electrons. The minimum atomic E-state index is -2.07. The van der Waals surface area contributed by atoms with Crippen LogP contribution in [0.2, 0.25) is 0 Å². The molecule has 0 aliphatic heterocycles. The van der Waals surface area contributed by atoms with Gasteiger partial charge in [-0.2, -0.15) is 0 Å². The van der Waals surface area contributed by atoms with E-state index in [9.17, 15) is 28.3 Å². The number of anilines is 1. The lowest BCUT2D eigenvalue weighted by molar-refractivity contribution is -0.171. The lowest BCUT2D eigenvalue weighted by Gasteiger charge is -2.29. The molecule has 0 aliphatic carbocycles. The zero-order chi connectivity index (χ0) is 26.6. The monoisotopic (exact) mass is 487 g/mol. The molecule has 0 saturated heterocycles. The molecule has 0 aromatic heterocycles. The fourth-order valence-electron chi connectivity index (χ4n) is 2.84. The van der Waals surface area contributed by atoms with Gasteiger partial charge in [0.2, 0.25) is 0 Å². The SMILES string of the molecule is CC(C)(C)OC(=O)CC(C(=O)OC(C)(C)C)C(O)c1c(NC(=O)OC(C)(C)C)ccc(F)c1F. The molecule has 1 amide bonds. The van der Waals surface area contributed by atoms with E-state index >= 15 is 0 Å². The Balaban J connectivity index is 3.45. The third kappa shape index (κ3) is 9.62. The van der Waals surface area contributed by atoms with E-state index in [1.54, 1.807) is 62.3 Å². The highest BCUT2D eigenvalue weighted by Crippen LogP contribution is 2.36. The Morgan fingerprint density at radius 1 is 0.882 bits per heavy atom. The summed E-state index contributed by atoms with van der Waals surface area (Å²) >= 11 is 0. The summed E-state index contributed by atoms with van der Waals surface area (Å²) in [6.45, 7) is 14.4. The van der Waals surface area contributed by atoms with Crippen molar-refractivity contribution in [2.45, 2.75) is 91.6 Å². The summed E-state index contributed by atoms with van der Waals surface area (Å²) in [5.74, 6) is -6.38. The predicted octanol–water partition coefficient (Wildman–Crippen LogP) is 5.03. The van der Waals surface area contributed by atoms with Crippen molar-refractivity contribution in [2.24, 2.45) is 5.92 Å². The van der Waals surface area contributed by atoms with Crippen molar-refractivity contribution in [3.8, 4) is 0 Å². The van der Waals surface area contributed by atoms with Crippen LogP contribution >= 0.6 is 0 Å². The van der Waals surface area contributed by atoms with Crippen LogP contribution < -0.4 is 5.32 Å². The molecule has 0 aliphatic rings. The highest BCUT2D eigenvalue weighted by Gasteiger charge is 2.38. The maximum absolute atomic E-state index is 14.9. The number of hydrogen-bond acceptors (Lipinski definition) is 7. The van der Waals surface area contributed by atoms with Crippen molar-refractivity contribution in [3.05, 3.63) is 29.3 Å². The van der Waals surface area contributed by atoms with Gasteiger partial charge in [0.15, 0.2) is 11.6 Å². The summed E-state index contributed by atoms with van der Waals surface area (Å²) in [5.41, 5.74) is -3.85. The van der Waals surface area contributed by atoms with E-state index in [1.165, 1.54) is 0 Å². The van der Waals surface area contributed by atoms with Crippen LogP contribution in [0.3, 0.4) is 0 Å². The van der Waals surface area contributed by atoms with E-state index < -0.39 is 70.5 Å². The Kier molecular flexibility index (Phi) is 9.19. The Bertz CT molecular complexity index is 912. The summed E-state index contributed by atoms with van der Waals surface area (Å²) in [5, 5.41) is 13.3. The first-order valence-electron chi connectivity index (χ1n) is 10.8. The molecule has 10 heteroatoms. The molecular weight excluding hydrogens is 452 g/mol. The van der Waals surface area contributed by atoms with E-state index in [-0.39, 0.29) is 5.69 Å². The zero-order valence-corrected chi connectivity index (χ0v) is 21.2. The van der Waals surface area contributed by atoms with Crippen molar-refractivity contribution in [1.82, 2.24) is 0 Å². The number of benzene rings is 1. The largest absolute Gasteiger partial charge is 0.460 e. The number of rotatable bonds is 6. The number of amides is 1. The van der Waals surface area contributed by atoms with Crippen LogP contribution in [-0.4, -0.2) is 39.9 Å². The fourth-order valence-corrected chi connectivity index (χ4v) is 2.84. The molecule has 2 unspecified atom stereocenters. The number of halogens is 2. The van der Waals surface area contributed by atoms with Gasteiger partial charge in [0.05, 0.1) is 24.1 Å². The summed E-state index contributed by atoms with van der Waals surface area (Å²) in [6.07, 6.45) is -3.74. The number of nitrogens with one attached hydrogen (secondary N) is 1. The maximum Gasteiger partial charge on any atom is 0.412 e. The predicted molar refractivity (Wildman–Crippen MR) is 121 cm³/mol. The number of aliphatic hydroxyl groups excluding tert-OH is 1. The van der Waals surface area contributed by atoms with Crippen molar-refractivity contribution in [1.29, 1.82) is 0 Å². The highest BCUT2D eigenvalue weighted by molar-refractivity contribution is 5.87. The average molecular weight is 488 g/mol. The lowest BCUT2D eigenvalue weighted by atomic mass is 9.90. The quantitative estimate of drug-likeness (QED) is 0.427. The highest BCUT2D eigenvalue weighted by atomic mass is 19.2. The molecule has 0 bridgehead atoms. The summed E-state index contributed by atoms with van der Waals surface area (Å²) < 4.78 is 44.6. The van der Waals surface area contributed by atoms with Crippen molar-refractivity contribution < 1.29 is 42.5 Å². The Labute approximate surface area is 199 Å². The molecule has 192 valence electrons. The Morgan fingerprint density at radius 2 is 1.38 bits per heavy atom. The van der Waals surface area contributed by atoms with Gasteiger partial charge in [-0.1, -0.05) is 0 Å². The minimum Gasteiger partial charge on any atom is -0.460 e. The molecule has 2 atom stereocenters. The smallest absolute Gasteiger partial charge is 0.412 e. The lowest BCUT2D eigenvalue weighted by Crippen LogP contribution is -2.35. The standard InChI is InChI=1S/C24H35F2NO7/c1-22(2,3)32-16(28)12-13(20(30)33-23(4,5)6)19(29)17-15(11-10-14(25)18(17)26)27-21(31)34-24(7,8)9/h10-11,13,19,29H,12H2,1-9H3,(H,27,31). The van der Waals surface area contributed by atoms with Gasteiger partial charge in [0, 0.05) is 5.56 Å². The van der Waals surface area contributed by atoms with Crippen molar-refractivity contribution in [2.75, 3.05) is 5.32 Å². The second-order valence-electron chi connectivity index (χ2n) is 10.8. The molecule has 1 rings (SSSR count). The normalized spacial score (nSPS) is 14.1. The van der Waals surface area contributed by atoms with Crippen LogP contribution in [0.25, 0.3) is 0 Å². The topological polar surface area (TPSA) is 111 Å². The van der Waals surface area contributed by atoms with Gasteiger partial charge in [-0.25, -0.2) is 13.6 Å². The van der Waals surface area contributed by atoms with Gasteiger partial charge in [-0.3, -0.25) is 14.9 Å². The fraction of sp³-hybridized carbons (Fsp3) is 0.625. The summed E-state index contributed by atoms with van der Waals surface area (Å²) in [4.78, 5) is 37.5. The van der Waals surface area contributed by atoms with E-state index in [0.29, 0.717) is 0 Å². The van der Waals surface area contributed by atoms with Crippen molar-refractivity contribution in [3.63, 3.8) is 0 Å². The van der Waals surface area contributed by atoms with Crippen LogP contribution in [0.4, 0.5) is 19.3 Å². The van der Waals surface area contributed by atoms with Gasteiger partial charge >= 0.3 is 18.0 Å².